The number of aromatic hydroxyl groups is 1. The van der Waals surface area contributed by atoms with Crippen LogP contribution in [0.5, 0.6) is 5.75 Å². The van der Waals surface area contributed by atoms with Crippen molar-refractivity contribution in [1.82, 2.24) is 19.8 Å². The lowest BCUT2D eigenvalue weighted by molar-refractivity contribution is 0.358. The number of benzene rings is 1. The van der Waals surface area contributed by atoms with E-state index in [1.54, 1.807) is 16.6 Å². The van der Waals surface area contributed by atoms with Gasteiger partial charge in [0.1, 0.15) is 11.6 Å². The molecule has 0 unspecified atom stereocenters. The number of rotatable bonds is 4. The first-order valence-corrected chi connectivity index (χ1v) is 8.09. The van der Waals surface area contributed by atoms with Gasteiger partial charge in [0.15, 0.2) is 11.5 Å². The number of nitrogens with one attached hydrogen (secondary N) is 1. The van der Waals surface area contributed by atoms with Gasteiger partial charge in [-0.3, -0.25) is 0 Å². The summed E-state index contributed by atoms with van der Waals surface area (Å²) in [6.07, 6.45) is 0.604. The zero-order valence-electron chi connectivity index (χ0n) is 14.5. The molecule has 0 saturated heterocycles. The summed E-state index contributed by atoms with van der Waals surface area (Å²) in [4.78, 5) is 0. The first-order valence-electron chi connectivity index (χ1n) is 8.09. The Morgan fingerprint density at radius 2 is 1.79 bits per heavy atom. The number of fused-ring (bicyclic) bond motifs is 1. The van der Waals surface area contributed by atoms with Crippen LogP contribution in [-0.2, 0) is 6.42 Å². The van der Waals surface area contributed by atoms with Gasteiger partial charge in [0, 0.05) is 12.5 Å². The minimum atomic E-state index is 0.138. The number of hydrogen-bond acceptors (Lipinski definition) is 5. The number of phenols is 1. The largest absolute Gasteiger partial charge is 0.508 e. The molecule has 0 aliphatic heterocycles. The van der Waals surface area contributed by atoms with Crippen molar-refractivity contribution in [2.45, 2.75) is 40.2 Å². The average Bonchev–Trinajstić information content (AvgIpc) is 2.91. The molecule has 2 N–H and O–H groups in total. The van der Waals surface area contributed by atoms with Crippen LogP contribution in [0.1, 0.15) is 39.1 Å². The van der Waals surface area contributed by atoms with Gasteiger partial charge < -0.3 is 10.4 Å². The maximum Gasteiger partial charge on any atom is 0.178 e. The predicted octanol–water partition coefficient (Wildman–Crippen LogP) is 3.27. The lowest BCUT2D eigenvalue weighted by atomic mass is 9.88. The standard InChI is InChI=1S/C18H23N5O/c1-12(18(2,3)4)19-15-9-10-16-20-21-17(23(16)22-15)11-13-5-7-14(24)8-6-13/h5-10,12,24H,11H2,1-4H3,(H,19,22)/t12-/m1/s1. The van der Waals surface area contributed by atoms with E-state index in [-0.39, 0.29) is 17.2 Å². The van der Waals surface area contributed by atoms with Crippen molar-refractivity contribution in [3.63, 3.8) is 0 Å². The summed E-state index contributed by atoms with van der Waals surface area (Å²) in [5.74, 6) is 1.82. The third-order valence-electron chi connectivity index (χ3n) is 4.29. The Bertz CT molecular complexity index is 833. The van der Waals surface area contributed by atoms with Gasteiger partial charge in [-0.25, -0.2) is 0 Å². The molecule has 0 spiro atoms. The number of phenolic OH excluding ortho intramolecular Hbond substituents is 1. The minimum Gasteiger partial charge on any atom is -0.508 e. The van der Waals surface area contributed by atoms with Gasteiger partial charge in [0.05, 0.1) is 0 Å². The van der Waals surface area contributed by atoms with Gasteiger partial charge in [0.2, 0.25) is 0 Å². The summed E-state index contributed by atoms with van der Waals surface area (Å²) in [7, 11) is 0. The fourth-order valence-corrected chi connectivity index (χ4v) is 2.26. The van der Waals surface area contributed by atoms with Crippen molar-refractivity contribution >= 4 is 11.5 Å². The fourth-order valence-electron chi connectivity index (χ4n) is 2.26. The molecule has 1 aromatic carbocycles. The zero-order valence-corrected chi connectivity index (χ0v) is 14.5. The van der Waals surface area contributed by atoms with E-state index in [0.29, 0.717) is 6.42 Å². The molecule has 3 rings (SSSR count). The van der Waals surface area contributed by atoms with Gasteiger partial charge in [-0.2, -0.15) is 4.52 Å². The molecule has 24 heavy (non-hydrogen) atoms. The van der Waals surface area contributed by atoms with Crippen LogP contribution in [0.2, 0.25) is 0 Å². The summed E-state index contributed by atoms with van der Waals surface area (Å²) < 4.78 is 1.77. The lowest BCUT2D eigenvalue weighted by Crippen LogP contribution is -2.31. The molecule has 6 heteroatoms. The molecule has 0 radical (unpaired) electrons. The third-order valence-corrected chi connectivity index (χ3v) is 4.29. The molecule has 0 aliphatic carbocycles. The Morgan fingerprint density at radius 1 is 1.08 bits per heavy atom. The smallest absolute Gasteiger partial charge is 0.178 e. The minimum absolute atomic E-state index is 0.138. The van der Waals surface area contributed by atoms with Crippen LogP contribution in [0.3, 0.4) is 0 Å². The van der Waals surface area contributed by atoms with Crippen LogP contribution in [0, 0.1) is 5.41 Å². The molecule has 126 valence electrons. The topological polar surface area (TPSA) is 75.3 Å². The molecule has 0 aliphatic rings. The van der Waals surface area contributed by atoms with E-state index in [1.165, 1.54) is 0 Å². The second-order valence-corrected chi connectivity index (χ2v) is 7.18. The lowest BCUT2D eigenvalue weighted by Gasteiger charge is -2.28. The van der Waals surface area contributed by atoms with Crippen LogP contribution >= 0.6 is 0 Å². The summed E-state index contributed by atoms with van der Waals surface area (Å²) in [6.45, 7) is 8.73. The first kappa shape index (κ1) is 16.2. The third kappa shape index (κ3) is 3.48. The van der Waals surface area contributed by atoms with Crippen molar-refractivity contribution in [2.24, 2.45) is 5.41 Å². The highest BCUT2D eigenvalue weighted by Gasteiger charge is 2.20. The maximum atomic E-state index is 9.39. The van der Waals surface area contributed by atoms with E-state index in [2.05, 4.69) is 48.3 Å². The predicted molar refractivity (Wildman–Crippen MR) is 94.2 cm³/mol. The van der Waals surface area contributed by atoms with Gasteiger partial charge in [-0.1, -0.05) is 32.9 Å². The van der Waals surface area contributed by atoms with Crippen molar-refractivity contribution in [2.75, 3.05) is 5.32 Å². The first-order chi connectivity index (χ1) is 11.3. The highest BCUT2D eigenvalue weighted by Crippen LogP contribution is 2.22. The van der Waals surface area contributed by atoms with Crippen LogP contribution in [0.15, 0.2) is 36.4 Å². The van der Waals surface area contributed by atoms with E-state index >= 15 is 0 Å². The van der Waals surface area contributed by atoms with Crippen molar-refractivity contribution in [1.29, 1.82) is 0 Å². The highest BCUT2D eigenvalue weighted by atomic mass is 16.3. The number of nitrogens with zero attached hydrogens (tertiary/aromatic N) is 4. The second kappa shape index (κ2) is 6.11. The molecular formula is C18H23N5O. The zero-order chi connectivity index (χ0) is 17.3. The van der Waals surface area contributed by atoms with Crippen molar-refractivity contribution in [3.8, 4) is 5.75 Å². The molecular weight excluding hydrogens is 302 g/mol. The molecule has 0 saturated carbocycles. The number of hydrogen-bond donors (Lipinski definition) is 2. The van der Waals surface area contributed by atoms with Crippen LogP contribution < -0.4 is 5.32 Å². The van der Waals surface area contributed by atoms with E-state index < -0.39 is 0 Å². The van der Waals surface area contributed by atoms with Gasteiger partial charge in [-0.15, -0.1) is 15.3 Å². The molecule has 0 bridgehead atoms. The second-order valence-electron chi connectivity index (χ2n) is 7.18. The molecule has 0 amide bonds. The molecule has 2 heterocycles. The van der Waals surface area contributed by atoms with E-state index in [1.807, 2.05) is 24.3 Å². The summed E-state index contributed by atoms with van der Waals surface area (Å²) in [5, 5.41) is 25.9. The Hall–Kier alpha value is -2.63. The van der Waals surface area contributed by atoms with E-state index in [0.717, 1.165) is 22.9 Å². The Kier molecular flexibility index (Phi) is 4.13. The summed E-state index contributed by atoms with van der Waals surface area (Å²) in [5.41, 5.74) is 1.90. The highest BCUT2D eigenvalue weighted by molar-refractivity contribution is 5.45. The molecule has 0 fully saturated rings. The van der Waals surface area contributed by atoms with Crippen LogP contribution in [-0.4, -0.2) is 31.0 Å². The Balaban J connectivity index is 1.87. The van der Waals surface area contributed by atoms with Crippen molar-refractivity contribution in [3.05, 3.63) is 47.8 Å². The Morgan fingerprint density at radius 3 is 2.46 bits per heavy atom. The quantitative estimate of drug-likeness (QED) is 0.770. The normalized spacial score (nSPS) is 13.2. The molecule has 6 nitrogen and oxygen atoms in total. The van der Waals surface area contributed by atoms with E-state index in [4.69, 9.17) is 0 Å². The molecule has 1 atom stereocenters. The van der Waals surface area contributed by atoms with Crippen LogP contribution in [0.4, 0.5) is 5.82 Å². The van der Waals surface area contributed by atoms with E-state index in [9.17, 15) is 5.11 Å². The molecule has 3 aromatic rings. The van der Waals surface area contributed by atoms with Crippen LogP contribution in [0.25, 0.3) is 5.65 Å². The monoisotopic (exact) mass is 325 g/mol. The van der Waals surface area contributed by atoms with Gasteiger partial charge in [0.25, 0.3) is 0 Å². The Labute approximate surface area is 141 Å². The molecule has 2 aromatic heterocycles. The summed E-state index contributed by atoms with van der Waals surface area (Å²) >= 11 is 0. The number of anilines is 1. The fraction of sp³-hybridized carbons (Fsp3) is 0.389. The van der Waals surface area contributed by atoms with Gasteiger partial charge >= 0.3 is 0 Å². The summed E-state index contributed by atoms with van der Waals surface area (Å²) in [6, 6.07) is 11.2. The van der Waals surface area contributed by atoms with Gasteiger partial charge in [-0.05, 0) is 42.2 Å². The number of aromatic nitrogens is 4. The van der Waals surface area contributed by atoms with Crippen molar-refractivity contribution < 1.29 is 5.11 Å². The maximum absolute atomic E-state index is 9.39. The SMILES string of the molecule is C[C@@H](Nc1ccc2nnc(Cc3ccc(O)cc3)n2n1)C(C)(C)C. The average molecular weight is 325 g/mol.